The molecule has 3 rings (SSSR count). The molecule has 2 N–H and O–H groups in total. The lowest BCUT2D eigenvalue weighted by atomic mass is 10.3. The lowest BCUT2D eigenvalue weighted by Crippen LogP contribution is -2.11. The number of rotatable bonds is 6. The van der Waals surface area contributed by atoms with Crippen LogP contribution in [-0.4, -0.2) is 13.4 Å². The summed E-state index contributed by atoms with van der Waals surface area (Å²) in [4.78, 5) is 5.15. The monoisotopic (exact) mass is 377 g/mol. The number of aryl methyl sites for hydroxylation is 1. The number of hydrogen-bond acceptors (Lipinski definition) is 5. The minimum atomic E-state index is -3.62. The summed E-state index contributed by atoms with van der Waals surface area (Å²) < 4.78 is 40.7. The van der Waals surface area contributed by atoms with E-state index < -0.39 is 10.0 Å². The van der Waals surface area contributed by atoms with Gasteiger partial charge in [0, 0.05) is 10.6 Å². The molecular weight excluding hydrogens is 361 g/mol. The number of anilines is 3. The van der Waals surface area contributed by atoms with Crippen molar-refractivity contribution in [2.75, 3.05) is 10.0 Å². The van der Waals surface area contributed by atoms with Crippen LogP contribution in [-0.2, 0) is 16.4 Å². The van der Waals surface area contributed by atoms with Gasteiger partial charge in [0.25, 0.3) is 10.0 Å². The van der Waals surface area contributed by atoms with E-state index >= 15 is 0 Å². The molecule has 0 amide bonds. The second-order valence-electron chi connectivity index (χ2n) is 5.25. The third kappa shape index (κ3) is 4.34. The van der Waals surface area contributed by atoms with E-state index in [0.29, 0.717) is 17.2 Å². The fraction of sp³-hybridized carbons (Fsp3) is 0.118. The first kappa shape index (κ1) is 17.4. The van der Waals surface area contributed by atoms with Crippen molar-refractivity contribution < 1.29 is 12.8 Å². The van der Waals surface area contributed by atoms with Crippen molar-refractivity contribution in [2.24, 2.45) is 0 Å². The van der Waals surface area contributed by atoms with Crippen LogP contribution in [0.3, 0.4) is 0 Å². The quantitative estimate of drug-likeness (QED) is 0.668. The van der Waals surface area contributed by atoms with E-state index in [2.05, 4.69) is 15.0 Å². The van der Waals surface area contributed by atoms with E-state index in [4.69, 9.17) is 0 Å². The normalized spacial score (nSPS) is 11.3. The lowest BCUT2D eigenvalue weighted by molar-refractivity contribution is 0.603. The van der Waals surface area contributed by atoms with Gasteiger partial charge in [-0.15, -0.1) is 11.3 Å². The number of benzene rings is 1. The SMILES string of the molecule is CCc1ccc(S(=O)(=O)Nc2ccc(Nc3cccc(F)c3)nc2)s1. The molecule has 5 nitrogen and oxygen atoms in total. The summed E-state index contributed by atoms with van der Waals surface area (Å²) in [5.74, 6) is 0.134. The smallest absolute Gasteiger partial charge is 0.271 e. The second kappa shape index (κ2) is 7.20. The van der Waals surface area contributed by atoms with Crippen LogP contribution >= 0.6 is 11.3 Å². The summed E-state index contributed by atoms with van der Waals surface area (Å²) in [6, 6.07) is 12.6. The van der Waals surface area contributed by atoms with Gasteiger partial charge in [0.15, 0.2) is 0 Å². The molecule has 25 heavy (non-hydrogen) atoms. The molecule has 3 aromatic rings. The Hall–Kier alpha value is -2.45. The zero-order chi connectivity index (χ0) is 17.9. The minimum absolute atomic E-state index is 0.270. The Labute approximate surface area is 149 Å². The van der Waals surface area contributed by atoms with Crippen LogP contribution < -0.4 is 10.0 Å². The highest BCUT2D eigenvalue weighted by atomic mass is 32.2. The predicted octanol–water partition coefficient (Wildman–Crippen LogP) is 4.39. The Kier molecular flexibility index (Phi) is 5.00. The standard InChI is InChI=1S/C17H16FN3O2S2/c1-2-15-7-9-17(24-15)25(22,23)21-14-6-8-16(19-11-14)20-13-5-3-4-12(18)10-13/h3-11,21H,2H2,1H3,(H,19,20). The van der Waals surface area contributed by atoms with Crippen LogP contribution in [0.1, 0.15) is 11.8 Å². The highest BCUT2D eigenvalue weighted by molar-refractivity contribution is 7.94. The average Bonchev–Trinajstić information content (AvgIpc) is 3.07. The van der Waals surface area contributed by atoms with Crippen LogP contribution in [0, 0.1) is 5.82 Å². The Morgan fingerprint density at radius 3 is 2.60 bits per heavy atom. The molecule has 0 saturated carbocycles. The number of sulfonamides is 1. The summed E-state index contributed by atoms with van der Waals surface area (Å²) in [5, 5.41) is 2.95. The van der Waals surface area contributed by atoms with E-state index in [1.807, 2.05) is 13.0 Å². The van der Waals surface area contributed by atoms with Crippen LogP contribution in [0.4, 0.5) is 21.6 Å². The molecule has 0 aliphatic carbocycles. The van der Waals surface area contributed by atoms with E-state index in [-0.39, 0.29) is 10.0 Å². The number of halogens is 1. The van der Waals surface area contributed by atoms with Crippen LogP contribution in [0.25, 0.3) is 0 Å². The van der Waals surface area contributed by atoms with Crippen LogP contribution in [0.5, 0.6) is 0 Å². The molecule has 0 aliphatic heterocycles. The van der Waals surface area contributed by atoms with E-state index in [1.54, 1.807) is 30.3 Å². The number of hydrogen-bond donors (Lipinski definition) is 2. The lowest BCUT2D eigenvalue weighted by Gasteiger charge is -2.08. The van der Waals surface area contributed by atoms with E-state index in [9.17, 15) is 12.8 Å². The summed E-state index contributed by atoms with van der Waals surface area (Å²) in [7, 11) is -3.62. The number of pyridine rings is 1. The molecule has 0 radical (unpaired) electrons. The van der Waals surface area contributed by atoms with Gasteiger partial charge in [-0.3, -0.25) is 4.72 Å². The number of nitrogens with one attached hydrogen (secondary N) is 2. The second-order valence-corrected chi connectivity index (χ2v) is 8.32. The molecule has 0 atom stereocenters. The zero-order valence-electron chi connectivity index (χ0n) is 13.4. The first-order valence-electron chi connectivity index (χ1n) is 7.56. The highest BCUT2D eigenvalue weighted by Crippen LogP contribution is 2.25. The fourth-order valence-corrected chi connectivity index (χ4v) is 4.48. The first-order valence-corrected chi connectivity index (χ1v) is 9.86. The topological polar surface area (TPSA) is 71.1 Å². The summed E-state index contributed by atoms with van der Waals surface area (Å²) in [5.41, 5.74) is 0.919. The summed E-state index contributed by atoms with van der Waals surface area (Å²) in [6.07, 6.45) is 2.20. The number of thiophene rings is 1. The van der Waals surface area contributed by atoms with Crippen LogP contribution in [0.15, 0.2) is 58.9 Å². The maximum absolute atomic E-state index is 13.2. The summed E-state index contributed by atoms with van der Waals surface area (Å²) in [6.45, 7) is 1.98. The van der Waals surface area contributed by atoms with Crippen molar-refractivity contribution in [3.63, 3.8) is 0 Å². The van der Waals surface area contributed by atoms with Gasteiger partial charge in [-0.1, -0.05) is 13.0 Å². The van der Waals surface area contributed by atoms with Gasteiger partial charge < -0.3 is 5.32 Å². The molecule has 8 heteroatoms. The van der Waals surface area contributed by atoms with Crippen molar-refractivity contribution in [1.29, 1.82) is 0 Å². The Morgan fingerprint density at radius 2 is 1.96 bits per heavy atom. The molecule has 0 spiro atoms. The van der Waals surface area contributed by atoms with Gasteiger partial charge in [-0.05, 0) is 48.9 Å². The van der Waals surface area contributed by atoms with Gasteiger partial charge in [0.2, 0.25) is 0 Å². The summed E-state index contributed by atoms with van der Waals surface area (Å²) >= 11 is 1.25. The fourth-order valence-electron chi connectivity index (χ4n) is 2.14. The average molecular weight is 377 g/mol. The van der Waals surface area contributed by atoms with E-state index in [1.165, 1.54) is 29.7 Å². The Morgan fingerprint density at radius 1 is 1.12 bits per heavy atom. The van der Waals surface area contributed by atoms with E-state index in [0.717, 1.165) is 11.3 Å². The Bertz CT molecular complexity index is 970. The molecule has 0 aliphatic rings. The van der Waals surface area contributed by atoms with Crippen molar-refractivity contribution in [1.82, 2.24) is 4.98 Å². The van der Waals surface area contributed by atoms with Crippen molar-refractivity contribution in [3.8, 4) is 0 Å². The Balaban J connectivity index is 1.72. The molecule has 0 bridgehead atoms. The molecule has 130 valence electrons. The maximum Gasteiger partial charge on any atom is 0.271 e. The third-order valence-corrected chi connectivity index (χ3v) is 6.47. The largest absolute Gasteiger partial charge is 0.340 e. The maximum atomic E-state index is 13.2. The van der Waals surface area contributed by atoms with Gasteiger partial charge in [0.1, 0.15) is 15.8 Å². The number of nitrogens with zero attached hydrogens (tertiary/aromatic N) is 1. The highest BCUT2D eigenvalue weighted by Gasteiger charge is 2.16. The molecule has 0 fully saturated rings. The van der Waals surface area contributed by atoms with Gasteiger partial charge in [0.05, 0.1) is 11.9 Å². The van der Waals surface area contributed by atoms with Crippen molar-refractivity contribution in [2.45, 2.75) is 17.6 Å². The molecule has 0 saturated heterocycles. The molecule has 1 aromatic carbocycles. The number of aromatic nitrogens is 1. The molecule has 2 heterocycles. The van der Waals surface area contributed by atoms with Gasteiger partial charge >= 0.3 is 0 Å². The van der Waals surface area contributed by atoms with Gasteiger partial charge in [-0.25, -0.2) is 17.8 Å². The molecule has 2 aromatic heterocycles. The van der Waals surface area contributed by atoms with Crippen molar-refractivity contribution >= 4 is 38.6 Å². The van der Waals surface area contributed by atoms with Crippen molar-refractivity contribution in [3.05, 3.63) is 65.4 Å². The first-order chi connectivity index (χ1) is 12.0. The predicted molar refractivity (Wildman–Crippen MR) is 98.4 cm³/mol. The van der Waals surface area contributed by atoms with Gasteiger partial charge in [-0.2, -0.15) is 0 Å². The van der Waals surface area contributed by atoms with Crippen LogP contribution in [0.2, 0.25) is 0 Å². The molecular formula is C17H16FN3O2S2. The molecule has 0 unspecified atom stereocenters. The zero-order valence-corrected chi connectivity index (χ0v) is 15.0. The minimum Gasteiger partial charge on any atom is -0.340 e. The third-order valence-electron chi connectivity index (χ3n) is 3.36.